The molecule has 0 aliphatic carbocycles. The predicted molar refractivity (Wildman–Crippen MR) is 69.1 cm³/mol. The molecule has 0 atom stereocenters. The van der Waals surface area contributed by atoms with Gasteiger partial charge in [0.2, 0.25) is 0 Å². The summed E-state index contributed by atoms with van der Waals surface area (Å²) in [6, 6.07) is 5.23. The molecule has 0 aromatic heterocycles. The standard InChI is InChI=1S/C12H17ClN2O2/c1-16-7-2-3-8-17-10-6-4-5-9(13)11(10)12(14)15/h4-6H,2-3,7-8H2,1H3,(H3,14,15). The number of unbranched alkanes of at least 4 members (excludes halogenated alkanes) is 1. The molecule has 0 fully saturated rings. The fourth-order valence-electron chi connectivity index (χ4n) is 1.42. The van der Waals surface area contributed by atoms with Gasteiger partial charge in [0.1, 0.15) is 11.6 Å². The molecule has 3 N–H and O–H groups in total. The van der Waals surface area contributed by atoms with E-state index in [1.807, 2.05) is 0 Å². The fraction of sp³-hybridized carbons (Fsp3) is 0.417. The maximum absolute atomic E-state index is 7.46. The SMILES string of the molecule is COCCCCOc1cccc(Cl)c1C(=N)N. The molecule has 0 aliphatic rings. The molecule has 0 amide bonds. The van der Waals surface area contributed by atoms with Crippen LogP contribution < -0.4 is 10.5 Å². The van der Waals surface area contributed by atoms with E-state index in [1.165, 1.54) is 0 Å². The molecular weight excluding hydrogens is 240 g/mol. The Morgan fingerprint density at radius 2 is 2.06 bits per heavy atom. The number of benzene rings is 1. The molecule has 0 aliphatic heterocycles. The average Bonchev–Trinajstić information content (AvgIpc) is 2.28. The van der Waals surface area contributed by atoms with Crippen molar-refractivity contribution >= 4 is 17.4 Å². The van der Waals surface area contributed by atoms with E-state index < -0.39 is 0 Å². The zero-order valence-corrected chi connectivity index (χ0v) is 10.6. The van der Waals surface area contributed by atoms with E-state index in [0.29, 0.717) is 22.9 Å². The second kappa shape index (κ2) is 7.14. The number of rotatable bonds is 7. The van der Waals surface area contributed by atoms with Crippen LogP contribution in [0.5, 0.6) is 5.75 Å². The third kappa shape index (κ3) is 4.24. The van der Waals surface area contributed by atoms with Crippen LogP contribution in [0.1, 0.15) is 18.4 Å². The highest BCUT2D eigenvalue weighted by atomic mass is 35.5. The molecule has 0 bridgehead atoms. The Morgan fingerprint density at radius 1 is 1.35 bits per heavy atom. The summed E-state index contributed by atoms with van der Waals surface area (Å²) in [5, 5.41) is 7.89. The number of amidine groups is 1. The lowest BCUT2D eigenvalue weighted by atomic mass is 10.2. The molecule has 1 aromatic carbocycles. The Kier molecular flexibility index (Phi) is 5.80. The normalized spacial score (nSPS) is 10.2. The topological polar surface area (TPSA) is 68.3 Å². The molecule has 94 valence electrons. The first-order chi connectivity index (χ1) is 8.16. The molecular formula is C12H17ClN2O2. The van der Waals surface area contributed by atoms with Crippen molar-refractivity contribution < 1.29 is 9.47 Å². The lowest BCUT2D eigenvalue weighted by Crippen LogP contribution is -2.14. The third-order valence-corrected chi connectivity index (χ3v) is 2.56. The molecule has 0 spiro atoms. The smallest absolute Gasteiger partial charge is 0.131 e. The number of nitrogen functional groups attached to an aromatic ring is 1. The van der Waals surface area contributed by atoms with Crippen molar-refractivity contribution in [2.24, 2.45) is 5.73 Å². The van der Waals surface area contributed by atoms with E-state index >= 15 is 0 Å². The van der Waals surface area contributed by atoms with Gasteiger partial charge in [-0.05, 0) is 25.0 Å². The van der Waals surface area contributed by atoms with E-state index in [9.17, 15) is 0 Å². The van der Waals surface area contributed by atoms with Gasteiger partial charge < -0.3 is 15.2 Å². The number of hydrogen-bond acceptors (Lipinski definition) is 3. The van der Waals surface area contributed by atoms with E-state index in [4.69, 9.17) is 32.2 Å². The Bertz CT molecular complexity index is 383. The van der Waals surface area contributed by atoms with E-state index in [-0.39, 0.29) is 5.84 Å². The molecule has 0 unspecified atom stereocenters. The Morgan fingerprint density at radius 3 is 2.71 bits per heavy atom. The number of methoxy groups -OCH3 is 1. The van der Waals surface area contributed by atoms with Gasteiger partial charge in [-0.25, -0.2) is 0 Å². The average molecular weight is 257 g/mol. The van der Waals surface area contributed by atoms with E-state index in [0.717, 1.165) is 19.4 Å². The van der Waals surface area contributed by atoms with Crippen molar-refractivity contribution in [1.29, 1.82) is 5.41 Å². The van der Waals surface area contributed by atoms with Gasteiger partial charge in [0, 0.05) is 13.7 Å². The number of hydrogen-bond donors (Lipinski definition) is 2. The van der Waals surface area contributed by atoms with Gasteiger partial charge in [0.25, 0.3) is 0 Å². The Labute approximate surface area is 106 Å². The summed E-state index contributed by atoms with van der Waals surface area (Å²) in [5.74, 6) is 0.477. The Balaban J connectivity index is 2.58. The van der Waals surface area contributed by atoms with Crippen molar-refractivity contribution in [3.8, 4) is 5.75 Å². The number of nitrogens with two attached hydrogens (primary N) is 1. The monoisotopic (exact) mass is 256 g/mol. The molecule has 5 heteroatoms. The van der Waals surface area contributed by atoms with Crippen LogP contribution in [0.2, 0.25) is 5.02 Å². The molecule has 0 heterocycles. The lowest BCUT2D eigenvalue weighted by molar-refractivity contribution is 0.184. The van der Waals surface area contributed by atoms with Gasteiger partial charge >= 0.3 is 0 Å². The molecule has 0 saturated heterocycles. The van der Waals surface area contributed by atoms with Crippen molar-refractivity contribution in [2.75, 3.05) is 20.3 Å². The van der Waals surface area contributed by atoms with E-state index in [2.05, 4.69) is 0 Å². The zero-order chi connectivity index (χ0) is 12.7. The molecule has 1 rings (SSSR count). The second-order valence-electron chi connectivity index (χ2n) is 3.58. The Hall–Kier alpha value is -1.26. The summed E-state index contributed by atoms with van der Waals surface area (Å²) in [6.45, 7) is 1.28. The van der Waals surface area contributed by atoms with Gasteiger partial charge in [-0.2, -0.15) is 0 Å². The minimum Gasteiger partial charge on any atom is -0.493 e. The van der Waals surface area contributed by atoms with Crippen LogP contribution >= 0.6 is 11.6 Å². The highest BCUT2D eigenvalue weighted by molar-refractivity contribution is 6.34. The van der Waals surface area contributed by atoms with Gasteiger partial charge in [-0.15, -0.1) is 0 Å². The largest absolute Gasteiger partial charge is 0.493 e. The summed E-state index contributed by atoms with van der Waals surface area (Å²) >= 11 is 5.97. The minimum absolute atomic E-state index is 0.0810. The van der Waals surface area contributed by atoms with Crippen molar-refractivity contribution in [3.63, 3.8) is 0 Å². The van der Waals surface area contributed by atoms with Crippen LogP contribution in [0, 0.1) is 5.41 Å². The second-order valence-corrected chi connectivity index (χ2v) is 3.98. The maximum Gasteiger partial charge on any atom is 0.131 e. The molecule has 17 heavy (non-hydrogen) atoms. The summed E-state index contributed by atoms with van der Waals surface area (Å²) < 4.78 is 10.5. The highest BCUT2D eigenvalue weighted by Crippen LogP contribution is 2.25. The molecule has 0 saturated carbocycles. The summed E-state index contributed by atoms with van der Waals surface area (Å²) in [4.78, 5) is 0. The fourth-order valence-corrected chi connectivity index (χ4v) is 1.68. The highest BCUT2D eigenvalue weighted by Gasteiger charge is 2.10. The van der Waals surface area contributed by atoms with Crippen LogP contribution in [0.3, 0.4) is 0 Å². The maximum atomic E-state index is 7.46. The lowest BCUT2D eigenvalue weighted by Gasteiger charge is -2.11. The van der Waals surface area contributed by atoms with Crippen LogP contribution in [-0.4, -0.2) is 26.2 Å². The van der Waals surface area contributed by atoms with Crippen LogP contribution in [-0.2, 0) is 4.74 Å². The zero-order valence-electron chi connectivity index (χ0n) is 9.83. The molecule has 4 nitrogen and oxygen atoms in total. The predicted octanol–water partition coefficient (Wildman–Crippen LogP) is 2.43. The van der Waals surface area contributed by atoms with Crippen LogP contribution in [0.15, 0.2) is 18.2 Å². The van der Waals surface area contributed by atoms with Crippen molar-refractivity contribution in [2.45, 2.75) is 12.8 Å². The van der Waals surface area contributed by atoms with E-state index in [1.54, 1.807) is 25.3 Å². The van der Waals surface area contributed by atoms with Gasteiger partial charge in [-0.3, -0.25) is 5.41 Å². The van der Waals surface area contributed by atoms with Gasteiger partial charge in [0.05, 0.1) is 17.2 Å². The van der Waals surface area contributed by atoms with Crippen LogP contribution in [0.4, 0.5) is 0 Å². The minimum atomic E-state index is -0.0810. The van der Waals surface area contributed by atoms with Crippen molar-refractivity contribution in [3.05, 3.63) is 28.8 Å². The van der Waals surface area contributed by atoms with Crippen molar-refractivity contribution in [1.82, 2.24) is 0 Å². The number of ether oxygens (including phenoxy) is 2. The first-order valence-corrected chi connectivity index (χ1v) is 5.79. The summed E-state index contributed by atoms with van der Waals surface area (Å²) in [7, 11) is 1.67. The van der Waals surface area contributed by atoms with Crippen LogP contribution in [0.25, 0.3) is 0 Å². The third-order valence-electron chi connectivity index (χ3n) is 2.25. The molecule has 1 aromatic rings. The summed E-state index contributed by atoms with van der Waals surface area (Å²) in [6.07, 6.45) is 1.82. The summed E-state index contributed by atoms with van der Waals surface area (Å²) in [5.41, 5.74) is 5.93. The number of nitrogens with one attached hydrogen (secondary N) is 1. The first-order valence-electron chi connectivity index (χ1n) is 5.41. The van der Waals surface area contributed by atoms with Gasteiger partial charge in [-0.1, -0.05) is 17.7 Å². The first kappa shape index (κ1) is 13.8. The van der Waals surface area contributed by atoms with Gasteiger partial charge in [0.15, 0.2) is 0 Å². The quantitative estimate of drug-likeness (QED) is 0.447. The number of halogens is 1. The molecule has 0 radical (unpaired) electrons.